The van der Waals surface area contributed by atoms with Crippen LogP contribution in [0.4, 0.5) is 5.69 Å². The number of nitrogens with zero attached hydrogens (tertiary/aromatic N) is 1. The molecule has 0 radical (unpaired) electrons. The number of hydrogen-bond donors (Lipinski definition) is 2. The van der Waals surface area contributed by atoms with Crippen molar-refractivity contribution in [3.8, 4) is 0 Å². The molecule has 0 bridgehead atoms. The lowest BCUT2D eigenvalue weighted by molar-refractivity contribution is 1.14. The smallest absolute Gasteiger partial charge is 0.0467 e. The Morgan fingerprint density at radius 1 is 1.18 bits per heavy atom. The molecule has 0 N–H and O–H groups in total. The molecule has 0 amide bonds. The first-order valence-corrected chi connectivity index (χ1v) is 4.50. The minimum atomic E-state index is 0.818. The topological polar surface area (TPSA) is 3.24 Å². The van der Waals surface area contributed by atoms with Crippen LogP contribution in [0.15, 0.2) is 30.3 Å². The molecular weight excluding hydrogens is 174 g/mol. The van der Waals surface area contributed by atoms with Gasteiger partial charge in [-0.05, 0) is 12.1 Å². The average molecular weight is 185 g/mol. The fraction of sp³-hybridized carbons (Fsp3) is 0.250. The molecule has 0 saturated heterocycles. The van der Waals surface area contributed by atoms with Gasteiger partial charge >= 0.3 is 0 Å². The Kier molecular flexibility index (Phi) is 3.66. The Bertz CT molecular complexity index is 201. The fourth-order valence-corrected chi connectivity index (χ4v) is 1.41. The predicted octanol–water partition coefficient (Wildman–Crippen LogP) is 2.27. The second-order valence-electron chi connectivity index (χ2n) is 2.18. The highest BCUT2D eigenvalue weighted by atomic mass is 32.1. The summed E-state index contributed by atoms with van der Waals surface area (Å²) in [4.78, 5) is 0. The third kappa shape index (κ3) is 2.67. The van der Waals surface area contributed by atoms with E-state index in [1.165, 1.54) is 0 Å². The van der Waals surface area contributed by atoms with E-state index < -0.39 is 0 Å². The Balaban J connectivity index is 2.61. The molecule has 11 heavy (non-hydrogen) atoms. The van der Waals surface area contributed by atoms with E-state index in [2.05, 4.69) is 25.4 Å². The van der Waals surface area contributed by atoms with E-state index in [-0.39, 0.29) is 0 Å². The van der Waals surface area contributed by atoms with Crippen LogP contribution in [0.2, 0.25) is 0 Å². The van der Waals surface area contributed by atoms with E-state index in [0.29, 0.717) is 0 Å². The molecule has 0 aliphatic heterocycles. The summed E-state index contributed by atoms with van der Waals surface area (Å²) in [6, 6.07) is 10.0. The van der Waals surface area contributed by atoms with Gasteiger partial charge in [-0.1, -0.05) is 31.0 Å². The first-order chi connectivity index (χ1) is 5.34. The highest BCUT2D eigenvalue weighted by molar-refractivity contribution is 7.82. The summed E-state index contributed by atoms with van der Waals surface area (Å²) in [5, 5.41) is 0. The second-order valence-corrected chi connectivity index (χ2v) is 3.11. The summed E-state index contributed by atoms with van der Waals surface area (Å²) in [5.74, 6) is 0.818. The van der Waals surface area contributed by atoms with Crippen LogP contribution in [-0.4, -0.2) is 12.3 Å². The Hall–Kier alpha value is -0.280. The van der Waals surface area contributed by atoms with Crippen molar-refractivity contribution in [3.05, 3.63) is 30.3 Å². The van der Waals surface area contributed by atoms with Crippen LogP contribution in [0.5, 0.6) is 0 Å². The molecule has 0 aromatic heterocycles. The van der Waals surface area contributed by atoms with Crippen molar-refractivity contribution in [2.24, 2.45) is 0 Å². The van der Waals surface area contributed by atoms with Crippen LogP contribution >= 0.6 is 25.4 Å². The maximum atomic E-state index is 4.28. The summed E-state index contributed by atoms with van der Waals surface area (Å²) in [5.41, 5.74) is 1.12. The lowest BCUT2D eigenvalue weighted by Crippen LogP contribution is -2.12. The van der Waals surface area contributed by atoms with Crippen LogP contribution in [0.1, 0.15) is 0 Å². The molecule has 1 rings (SSSR count). The zero-order valence-corrected chi connectivity index (χ0v) is 7.93. The molecule has 0 spiro atoms. The minimum Gasteiger partial charge on any atom is -0.318 e. The van der Waals surface area contributed by atoms with Crippen molar-refractivity contribution < 1.29 is 0 Å². The third-order valence-electron chi connectivity index (χ3n) is 1.37. The number of benzene rings is 1. The van der Waals surface area contributed by atoms with E-state index in [9.17, 15) is 0 Å². The van der Waals surface area contributed by atoms with E-state index in [1.54, 1.807) is 0 Å². The van der Waals surface area contributed by atoms with Gasteiger partial charge in [0.2, 0.25) is 0 Å². The molecule has 1 aromatic carbocycles. The maximum Gasteiger partial charge on any atom is 0.0467 e. The zero-order valence-electron chi connectivity index (χ0n) is 6.14. The number of rotatable bonds is 3. The number of thiol groups is 2. The number of para-hydroxylation sites is 1. The fourth-order valence-electron chi connectivity index (χ4n) is 0.824. The van der Waals surface area contributed by atoms with Crippen LogP contribution in [0.25, 0.3) is 0 Å². The minimum absolute atomic E-state index is 0.818. The summed E-state index contributed by atoms with van der Waals surface area (Å²) < 4.78 is 1.88. The van der Waals surface area contributed by atoms with Crippen molar-refractivity contribution >= 4 is 31.1 Å². The van der Waals surface area contributed by atoms with Crippen LogP contribution in [-0.2, 0) is 0 Å². The summed E-state index contributed by atoms with van der Waals surface area (Å²) in [6.45, 7) is 0.857. The van der Waals surface area contributed by atoms with Crippen molar-refractivity contribution in [2.45, 2.75) is 0 Å². The van der Waals surface area contributed by atoms with Gasteiger partial charge in [-0.15, -0.1) is 0 Å². The molecule has 0 fully saturated rings. The van der Waals surface area contributed by atoms with Gasteiger partial charge in [-0.3, -0.25) is 0 Å². The quantitative estimate of drug-likeness (QED) is 0.683. The van der Waals surface area contributed by atoms with Gasteiger partial charge in [-0.25, -0.2) is 0 Å². The van der Waals surface area contributed by atoms with Crippen molar-refractivity contribution in [1.29, 1.82) is 0 Å². The van der Waals surface area contributed by atoms with Gasteiger partial charge < -0.3 is 4.31 Å². The van der Waals surface area contributed by atoms with E-state index in [4.69, 9.17) is 0 Å². The van der Waals surface area contributed by atoms with Gasteiger partial charge in [0.05, 0.1) is 0 Å². The summed E-state index contributed by atoms with van der Waals surface area (Å²) in [6.07, 6.45) is 0. The average Bonchev–Trinajstić information content (AvgIpc) is 2.07. The van der Waals surface area contributed by atoms with E-state index in [1.807, 2.05) is 34.6 Å². The molecule has 60 valence electrons. The van der Waals surface area contributed by atoms with Gasteiger partial charge in [-0.2, -0.15) is 12.6 Å². The van der Waals surface area contributed by atoms with Crippen LogP contribution in [0, 0.1) is 0 Å². The third-order valence-corrected chi connectivity index (χ3v) is 2.00. The summed E-state index contributed by atoms with van der Waals surface area (Å²) in [7, 11) is 0. The molecule has 0 unspecified atom stereocenters. The van der Waals surface area contributed by atoms with Crippen molar-refractivity contribution in [2.75, 3.05) is 16.6 Å². The SMILES string of the molecule is SCCN(S)c1ccccc1. The van der Waals surface area contributed by atoms with Crippen molar-refractivity contribution in [1.82, 2.24) is 0 Å². The summed E-state index contributed by atoms with van der Waals surface area (Å²) >= 11 is 8.40. The first kappa shape index (κ1) is 8.81. The lowest BCUT2D eigenvalue weighted by atomic mass is 10.3. The highest BCUT2D eigenvalue weighted by Gasteiger charge is 1.96. The van der Waals surface area contributed by atoms with Gasteiger partial charge in [0.1, 0.15) is 0 Å². The molecule has 0 atom stereocenters. The Morgan fingerprint density at radius 2 is 1.82 bits per heavy atom. The highest BCUT2D eigenvalue weighted by Crippen LogP contribution is 2.14. The second kappa shape index (κ2) is 4.57. The normalized spacial score (nSPS) is 9.64. The first-order valence-electron chi connectivity index (χ1n) is 3.47. The molecule has 0 saturated carbocycles. The molecular formula is C8H11NS2. The number of anilines is 1. The van der Waals surface area contributed by atoms with Gasteiger partial charge in [0.25, 0.3) is 0 Å². The molecule has 0 heterocycles. The van der Waals surface area contributed by atoms with E-state index >= 15 is 0 Å². The molecule has 1 aromatic rings. The monoisotopic (exact) mass is 185 g/mol. The van der Waals surface area contributed by atoms with Crippen LogP contribution in [0.3, 0.4) is 0 Å². The molecule has 0 aliphatic carbocycles. The number of hydrogen-bond acceptors (Lipinski definition) is 3. The lowest BCUT2D eigenvalue weighted by Gasteiger charge is -2.15. The molecule has 1 nitrogen and oxygen atoms in total. The van der Waals surface area contributed by atoms with Crippen LogP contribution < -0.4 is 4.31 Å². The molecule has 0 aliphatic rings. The van der Waals surface area contributed by atoms with Gasteiger partial charge in [0.15, 0.2) is 0 Å². The van der Waals surface area contributed by atoms with Crippen molar-refractivity contribution in [3.63, 3.8) is 0 Å². The predicted molar refractivity (Wildman–Crippen MR) is 56.6 cm³/mol. The Morgan fingerprint density at radius 3 is 2.36 bits per heavy atom. The van der Waals surface area contributed by atoms with Gasteiger partial charge in [0, 0.05) is 18.0 Å². The molecule has 3 heteroatoms. The standard InChI is InChI=1S/C8H11NS2/c10-7-6-9(11)8-4-2-1-3-5-8/h1-5,10-11H,6-7H2. The Labute approximate surface area is 78.4 Å². The maximum absolute atomic E-state index is 4.28. The largest absolute Gasteiger partial charge is 0.318 e. The zero-order chi connectivity index (χ0) is 8.10. The van der Waals surface area contributed by atoms with E-state index in [0.717, 1.165) is 18.0 Å².